The van der Waals surface area contributed by atoms with Crippen molar-refractivity contribution in [1.82, 2.24) is 4.98 Å². The quantitative estimate of drug-likeness (QED) is 0.310. The molecule has 6 heteroatoms. The first kappa shape index (κ1) is 20.3. The van der Waals surface area contributed by atoms with Gasteiger partial charge in [0, 0.05) is 11.1 Å². The van der Waals surface area contributed by atoms with Crippen LogP contribution in [-0.2, 0) is 4.74 Å². The van der Waals surface area contributed by atoms with Gasteiger partial charge in [0.05, 0.1) is 29.5 Å². The van der Waals surface area contributed by atoms with E-state index in [0.29, 0.717) is 40.4 Å². The van der Waals surface area contributed by atoms with Gasteiger partial charge in [0.2, 0.25) is 0 Å². The lowest BCUT2D eigenvalue weighted by atomic mass is 10.1. The average Bonchev–Trinajstić information content (AvgIpc) is 3.34. The van der Waals surface area contributed by atoms with Crippen LogP contribution < -0.4 is 5.32 Å². The lowest BCUT2D eigenvalue weighted by molar-refractivity contribution is 0.0499. The molecule has 2 aromatic carbocycles. The molecule has 0 saturated carbocycles. The number of para-hydroxylation sites is 1. The number of unbranched alkanes of at least 4 members (excludes halogenated alkanes) is 1. The molecule has 0 spiro atoms. The number of carbonyl (C=O) groups is 2. The first-order valence-corrected chi connectivity index (χ1v) is 10.2. The number of furan rings is 1. The molecule has 0 aliphatic carbocycles. The number of aromatic nitrogens is 1. The van der Waals surface area contributed by atoms with Crippen molar-refractivity contribution in [1.29, 1.82) is 0 Å². The van der Waals surface area contributed by atoms with E-state index in [1.807, 2.05) is 31.2 Å². The first-order chi connectivity index (χ1) is 15.2. The Morgan fingerprint density at radius 2 is 1.84 bits per heavy atom. The Morgan fingerprint density at radius 1 is 1.03 bits per heavy atom. The van der Waals surface area contributed by atoms with Crippen LogP contribution in [0.15, 0.2) is 77.4 Å². The zero-order valence-corrected chi connectivity index (χ0v) is 17.1. The maximum absolute atomic E-state index is 13.1. The Hall–Kier alpha value is -3.93. The van der Waals surface area contributed by atoms with Gasteiger partial charge in [-0.3, -0.25) is 4.79 Å². The molecule has 1 N–H and O–H groups in total. The predicted molar refractivity (Wildman–Crippen MR) is 119 cm³/mol. The van der Waals surface area contributed by atoms with Crippen LogP contribution in [0.25, 0.3) is 22.4 Å². The summed E-state index contributed by atoms with van der Waals surface area (Å²) in [6.45, 7) is 2.44. The van der Waals surface area contributed by atoms with Gasteiger partial charge < -0.3 is 14.5 Å². The second kappa shape index (κ2) is 9.26. The average molecular weight is 414 g/mol. The zero-order chi connectivity index (χ0) is 21.6. The topological polar surface area (TPSA) is 81.4 Å². The SMILES string of the molecule is CCCCOC(=O)c1ccc(NC(=O)c2cc(-c3ccco3)nc3ccccc23)cc1. The molecule has 0 aliphatic heterocycles. The lowest BCUT2D eigenvalue weighted by Crippen LogP contribution is -2.13. The van der Waals surface area contributed by atoms with Crippen molar-refractivity contribution in [3.05, 3.63) is 84.1 Å². The van der Waals surface area contributed by atoms with Gasteiger partial charge in [-0.25, -0.2) is 9.78 Å². The summed E-state index contributed by atoms with van der Waals surface area (Å²) in [7, 11) is 0. The number of nitrogens with one attached hydrogen (secondary N) is 1. The first-order valence-electron chi connectivity index (χ1n) is 10.2. The number of hydrogen-bond donors (Lipinski definition) is 1. The summed E-state index contributed by atoms with van der Waals surface area (Å²) in [4.78, 5) is 29.7. The molecule has 1 amide bonds. The van der Waals surface area contributed by atoms with Gasteiger partial charge in [-0.05, 0) is 55.0 Å². The lowest BCUT2D eigenvalue weighted by Gasteiger charge is -2.10. The summed E-state index contributed by atoms with van der Waals surface area (Å²) < 4.78 is 10.7. The molecular formula is C25H22N2O4. The Bertz CT molecular complexity index is 1200. The van der Waals surface area contributed by atoms with Crippen molar-refractivity contribution in [3.8, 4) is 11.5 Å². The number of benzene rings is 2. The van der Waals surface area contributed by atoms with Crippen molar-refractivity contribution in [2.24, 2.45) is 0 Å². The standard InChI is InChI=1S/C25H22N2O4/c1-2-3-14-31-25(29)17-10-12-18(13-11-17)26-24(28)20-16-22(23-9-6-15-30-23)27-21-8-5-4-7-19(20)21/h4-13,15-16H,2-3,14H2,1H3,(H,26,28). The molecule has 0 bridgehead atoms. The van der Waals surface area contributed by atoms with Crippen LogP contribution in [0.5, 0.6) is 0 Å². The minimum absolute atomic E-state index is 0.273. The molecule has 0 radical (unpaired) electrons. The van der Waals surface area contributed by atoms with Crippen molar-refractivity contribution in [2.45, 2.75) is 19.8 Å². The maximum atomic E-state index is 13.1. The number of anilines is 1. The van der Waals surface area contributed by atoms with E-state index in [2.05, 4.69) is 10.3 Å². The van der Waals surface area contributed by atoms with Crippen LogP contribution >= 0.6 is 0 Å². The van der Waals surface area contributed by atoms with Crippen molar-refractivity contribution in [2.75, 3.05) is 11.9 Å². The number of ether oxygens (including phenoxy) is 1. The Balaban J connectivity index is 1.56. The largest absolute Gasteiger partial charge is 0.463 e. The van der Waals surface area contributed by atoms with E-state index in [0.717, 1.165) is 18.2 Å². The van der Waals surface area contributed by atoms with E-state index in [1.54, 1.807) is 48.7 Å². The number of rotatable bonds is 7. The van der Waals surface area contributed by atoms with E-state index >= 15 is 0 Å². The highest BCUT2D eigenvalue weighted by Crippen LogP contribution is 2.26. The van der Waals surface area contributed by atoms with Crippen LogP contribution in [0.2, 0.25) is 0 Å². The third-order valence-electron chi connectivity index (χ3n) is 4.84. The van der Waals surface area contributed by atoms with Gasteiger partial charge in [0.25, 0.3) is 5.91 Å². The number of hydrogen-bond acceptors (Lipinski definition) is 5. The molecule has 0 saturated heterocycles. The highest BCUT2D eigenvalue weighted by Gasteiger charge is 2.15. The number of amides is 1. The molecule has 0 fully saturated rings. The second-order valence-electron chi connectivity index (χ2n) is 7.07. The van der Waals surface area contributed by atoms with Gasteiger partial charge in [-0.2, -0.15) is 0 Å². The highest BCUT2D eigenvalue weighted by molar-refractivity contribution is 6.13. The molecule has 0 aliphatic rings. The summed E-state index contributed by atoms with van der Waals surface area (Å²) in [5.41, 5.74) is 2.80. The van der Waals surface area contributed by atoms with Gasteiger partial charge in [-0.1, -0.05) is 31.5 Å². The fraction of sp³-hybridized carbons (Fsp3) is 0.160. The molecular weight excluding hydrogens is 392 g/mol. The number of nitrogens with zero attached hydrogens (tertiary/aromatic N) is 1. The minimum Gasteiger partial charge on any atom is -0.463 e. The van der Waals surface area contributed by atoms with Crippen LogP contribution in [0.1, 0.15) is 40.5 Å². The molecule has 156 valence electrons. The fourth-order valence-electron chi connectivity index (χ4n) is 3.19. The number of carbonyl (C=O) groups excluding carboxylic acids is 2. The van der Waals surface area contributed by atoms with Crippen LogP contribution in [0, 0.1) is 0 Å². The molecule has 0 unspecified atom stereocenters. The Labute approximate surface area is 179 Å². The molecule has 31 heavy (non-hydrogen) atoms. The van der Waals surface area contributed by atoms with Crippen molar-refractivity contribution >= 4 is 28.5 Å². The minimum atomic E-state index is -0.366. The van der Waals surface area contributed by atoms with E-state index in [4.69, 9.17) is 9.15 Å². The summed E-state index contributed by atoms with van der Waals surface area (Å²) in [5.74, 6) is -0.0510. The monoisotopic (exact) mass is 414 g/mol. The van der Waals surface area contributed by atoms with Crippen LogP contribution in [0.3, 0.4) is 0 Å². The summed E-state index contributed by atoms with van der Waals surface area (Å²) in [6.07, 6.45) is 3.37. The summed E-state index contributed by atoms with van der Waals surface area (Å²) >= 11 is 0. The normalized spacial score (nSPS) is 10.7. The van der Waals surface area contributed by atoms with Crippen molar-refractivity contribution < 1.29 is 18.7 Å². The predicted octanol–water partition coefficient (Wildman–Crippen LogP) is 5.70. The van der Waals surface area contributed by atoms with Gasteiger partial charge in [0.15, 0.2) is 5.76 Å². The smallest absolute Gasteiger partial charge is 0.338 e. The van der Waals surface area contributed by atoms with Gasteiger partial charge in [-0.15, -0.1) is 0 Å². The third-order valence-corrected chi connectivity index (χ3v) is 4.84. The molecule has 2 aromatic heterocycles. The Kier molecular flexibility index (Phi) is 6.08. The molecule has 0 atom stereocenters. The molecule has 4 rings (SSSR count). The molecule has 2 heterocycles. The fourth-order valence-corrected chi connectivity index (χ4v) is 3.19. The summed E-state index contributed by atoms with van der Waals surface area (Å²) in [5, 5.41) is 3.63. The van der Waals surface area contributed by atoms with Gasteiger partial charge >= 0.3 is 5.97 Å². The van der Waals surface area contributed by atoms with Crippen LogP contribution in [0.4, 0.5) is 5.69 Å². The molecule has 4 aromatic rings. The number of pyridine rings is 1. The van der Waals surface area contributed by atoms with E-state index in [-0.39, 0.29) is 11.9 Å². The van der Waals surface area contributed by atoms with Crippen molar-refractivity contribution in [3.63, 3.8) is 0 Å². The maximum Gasteiger partial charge on any atom is 0.338 e. The van der Waals surface area contributed by atoms with Crippen LogP contribution in [-0.4, -0.2) is 23.5 Å². The molecule has 6 nitrogen and oxygen atoms in total. The number of fused-ring (bicyclic) bond motifs is 1. The summed E-state index contributed by atoms with van der Waals surface area (Å²) in [6, 6.07) is 19.4. The Morgan fingerprint density at radius 3 is 2.58 bits per heavy atom. The van der Waals surface area contributed by atoms with Gasteiger partial charge in [0.1, 0.15) is 5.69 Å². The number of esters is 1. The third kappa shape index (κ3) is 4.64. The second-order valence-corrected chi connectivity index (χ2v) is 7.07. The zero-order valence-electron chi connectivity index (χ0n) is 17.1. The van der Waals surface area contributed by atoms with E-state index < -0.39 is 0 Å². The highest BCUT2D eigenvalue weighted by atomic mass is 16.5. The van der Waals surface area contributed by atoms with E-state index in [1.165, 1.54) is 0 Å². The van der Waals surface area contributed by atoms with E-state index in [9.17, 15) is 9.59 Å².